The highest BCUT2D eigenvalue weighted by atomic mass is 16.6. The van der Waals surface area contributed by atoms with Gasteiger partial charge in [0.2, 0.25) is 0 Å². The second kappa shape index (κ2) is 5.96. The van der Waals surface area contributed by atoms with Crippen LogP contribution in [-0.2, 0) is 0 Å². The zero-order valence-corrected chi connectivity index (χ0v) is 8.90. The molecule has 0 spiro atoms. The molecule has 0 amide bonds. The lowest BCUT2D eigenvalue weighted by atomic mass is 10.2. The number of methoxy groups -OCH3 is 1. The van der Waals surface area contributed by atoms with E-state index >= 15 is 0 Å². The van der Waals surface area contributed by atoms with Crippen LogP contribution in [0.25, 0.3) is 0 Å². The van der Waals surface area contributed by atoms with Crippen molar-refractivity contribution in [2.24, 2.45) is 0 Å². The monoisotopic (exact) mass is 197 g/mol. The van der Waals surface area contributed by atoms with Crippen LogP contribution in [0.5, 0.6) is 5.75 Å². The quantitative estimate of drug-likeness (QED) is 0.541. The number of aryl methyl sites for hydroxylation is 1. The molecule has 0 aliphatic rings. The summed E-state index contributed by atoms with van der Waals surface area (Å²) in [5.74, 6) is 0.336. The maximum absolute atomic E-state index is 10.5. The Morgan fingerprint density at radius 1 is 1.36 bits per heavy atom. The highest BCUT2D eigenvalue weighted by Crippen LogP contribution is 2.29. The molecule has 0 aromatic heterocycles. The van der Waals surface area contributed by atoms with E-state index < -0.39 is 4.92 Å². The molecule has 0 radical (unpaired) electrons. The number of hydrogen-bond donors (Lipinski definition) is 0. The summed E-state index contributed by atoms with van der Waals surface area (Å²) in [7, 11) is 1.43. The first-order valence-corrected chi connectivity index (χ1v) is 4.45. The van der Waals surface area contributed by atoms with Gasteiger partial charge in [0.25, 0.3) is 0 Å². The fourth-order valence-corrected chi connectivity index (χ4v) is 1.05. The summed E-state index contributed by atoms with van der Waals surface area (Å²) in [5.41, 5.74) is 0.782. The highest BCUT2D eigenvalue weighted by molar-refractivity contribution is 5.50. The van der Waals surface area contributed by atoms with Crippen molar-refractivity contribution in [2.45, 2.75) is 20.8 Å². The Balaban J connectivity index is 0.000000791. The molecule has 0 unspecified atom stereocenters. The first kappa shape index (κ1) is 12.4. The average molecular weight is 197 g/mol. The molecule has 4 nitrogen and oxygen atoms in total. The van der Waals surface area contributed by atoms with Gasteiger partial charge in [0.15, 0.2) is 5.75 Å². The van der Waals surface area contributed by atoms with Crippen molar-refractivity contribution in [2.75, 3.05) is 7.11 Å². The van der Waals surface area contributed by atoms with Gasteiger partial charge < -0.3 is 4.74 Å². The van der Waals surface area contributed by atoms with Crippen molar-refractivity contribution < 1.29 is 9.66 Å². The van der Waals surface area contributed by atoms with E-state index in [1.807, 2.05) is 13.8 Å². The number of benzene rings is 1. The van der Waals surface area contributed by atoms with Gasteiger partial charge in [-0.2, -0.15) is 0 Å². The number of ether oxygens (including phenoxy) is 1. The van der Waals surface area contributed by atoms with E-state index in [9.17, 15) is 10.1 Å². The summed E-state index contributed by atoms with van der Waals surface area (Å²) in [6.45, 7) is 5.77. The molecule has 0 N–H and O–H groups in total. The van der Waals surface area contributed by atoms with Crippen LogP contribution in [0, 0.1) is 17.0 Å². The Kier molecular flexibility index (Phi) is 5.29. The van der Waals surface area contributed by atoms with Crippen LogP contribution in [0.4, 0.5) is 5.69 Å². The third-order valence-corrected chi connectivity index (χ3v) is 1.59. The van der Waals surface area contributed by atoms with Gasteiger partial charge in [-0.15, -0.1) is 0 Å². The molecule has 0 aliphatic heterocycles. The molecule has 1 aromatic carbocycles. The van der Waals surface area contributed by atoms with Gasteiger partial charge in [0.1, 0.15) is 0 Å². The van der Waals surface area contributed by atoms with Crippen molar-refractivity contribution in [3.8, 4) is 5.75 Å². The van der Waals surface area contributed by atoms with E-state index in [-0.39, 0.29) is 5.69 Å². The first-order valence-electron chi connectivity index (χ1n) is 4.45. The number of rotatable bonds is 2. The average Bonchev–Trinajstić information content (AvgIpc) is 2.20. The minimum Gasteiger partial charge on any atom is -0.490 e. The molecule has 1 rings (SSSR count). The van der Waals surface area contributed by atoms with Gasteiger partial charge in [-0.1, -0.05) is 26.0 Å². The summed E-state index contributed by atoms with van der Waals surface area (Å²) in [6, 6.07) is 4.83. The molecular formula is C10H15NO3. The number of nitrogens with zero attached hydrogens (tertiary/aromatic N) is 1. The van der Waals surface area contributed by atoms with E-state index in [4.69, 9.17) is 4.74 Å². The van der Waals surface area contributed by atoms with E-state index in [1.54, 1.807) is 19.1 Å². The van der Waals surface area contributed by atoms with Crippen LogP contribution in [0.15, 0.2) is 18.2 Å². The van der Waals surface area contributed by atoms with Crippen molar-refractivity contribution >= 4 is 5.69 Å². The smallest absolute Gasteiger partial charge is 0.311 e. The maximum atomic E-state index is 10.5. The third-order valence-electron chi connectivity index (χ3n) is 1.59. The number of hydrogen-bond acceptors (Lipinski definition) is 3. The van der Waals surface area contributed by atoms with Gasteiger partial charge in [0, 0.05) is 6.07 Å². The van der Waals surface area contributed by atoms with Gasteiger partial charge in [-0.05, 0) is 12.5 Å². The third kappa shape index (κ3) is 2.73. The lowest BCUT2D eigenvalue weighted by molar-refractivity contribution is -0.385. The topological polar surface area (TPSA) is 52.4 Å². The minimum absolute atomic E-state index is 0.0116. The normalized spacial score (nSPS) is 8.57. The van der Waals surface area contributed by atoms with Gasteiger partial charge >= 0.3 is 5.69 Å². The Morgan fingerprint density at radius 2 is 1.93 bits per heavy atom. The molecule has 0 bridgehead atoms. The Bertz CT molecular complexity index is 310. The van der Waals surface area contributed by atoms with Gasteiger partial charge in [0.05, 0.1) is 12.0 Å². The van der Waals surface area contributed by atoms with E-state index in [0.29, 0.717) is 5.75 Å². The Labute approximate surface area is 83.7 Å². The molecule has 0 saturated carbocycles. The molecule has 0 fully saturated rings. The Hall–Kier alpha value is -1.58. The molecule has 14 heavy (non-hydrogen) atoms. The van der Waals surface area contributed by atoms with Crippen molar-refractivity contribution in [3.63, 3.8) is 0 Å². The van der Waals surface area contributed by atoms with Gasteiger partial charge in [-0.3, -0.25) is 10.1 Å². The standard InChI is InChI=1S/C8H9NO3.C2H6/c1-6-4-3-5-7(9(10)11)8(6)12-2;1-2/h3-5H,1-2H3;1-2H3. The van der Waals surface area contributed by atoms with E-state index in [1.165, 1.54) is 13.2 Å². The number of nitro groups is 1. The van der Waals surface area contributed by atoms with Crippen LogP contribution >= 0.6 is 0 Å². The second-order valence-electron chi connectivity index (χ2n) is 2.38. The molecular weight excluding hydrogens is 182 g/mol. The molecule has 0 saturated heterocycles. The zero-order chi connectivity index (χ0) is 11.1. The summed E-state index contributed by atoms with van der Waals surface area (Å²) >= 11 is 0. The first-order chi connectivity index (χ1) is 6.66. The second-order valence-corrected chi connectivity index (χ2v) is 2.38. The summed E-state index contributed by atoms with van der Waals surface area (Å²) in [5, 5.41) is 10.5. The summed E-state index contributed by atoms with van der Waals surface area (Å²) in [4.78, 5) is 10.0. The van der Waals surface area contributed by atoms with Crippen LogP contribution in [0.2, 0.25) is 0 Å². The fraction of sp³-hybridized carbons (Fsp3) is 0.400. The molecule has 1 aromatic rings. The SMILES string of the molecule is CC.COc1c(C)cccc1[N+](=O)[O-]. The van der Waals surface area contributed by atoms with Gasteiger partial charge in [-0.25, -0.2) is 0 Å². The lowest BCUT2D eigenvalue weighted by Crippen LogP contribution is -1.94. The van der Waals surface area contributed by atoms with Crippen LogP contribution in [0.1, 0.15) is 19.4 Å². The molecule has 4 heteroatoms. The Morgan fingerprint density at radius 3 is 2.29 bits per heavy atom. The van der Waals surface area contributed by atoms with Crippen LogP contribution < -0.4 is 4.74 Å². The van der Waals surface area contributed by atoms with Crippen LogP contribution in [0.3, 0.4) is 0 Å². The van der Waals surface area contributed by atoms with Crippen LogP contribution in [-0.4, -0.2) is 12.0 Å². The predicted molar refractivity (Wildman–Crippen MR) is 55.7 cm³/mol. The van der Waals surface area contributed by atoms with E-state index in [0.717, 1.165) is 5.56 Å². The largest absolute Gasteiger partial charge is 0.490 e. The predicted octanol–water partition coefficient (Wildman–Crippen LogP) is 2.94. The minimum atomic E-state index is -0.453. The number of para-hydroxylation sites is 1. The fourth-order valence-electron chi connectivity index (χ4n) is 1.05. The maximum Gasteiger partial charge on any atom is 0.311 e. The highest BCUT2D eigenvalue weighted by Gasteiger charge is 2.14. The molecule has 0 aliphatic carbocycles. The lowest BCUT2D eigenvalue weighted by Gasteiger charge is -2.03. The van der Waals surface area contributed by atoms with E-state index in [2.05, 4.69) is 0 Å². The summed E-state index contributed by atoms with van der Waals surface area (Å²) in [6.07, 6.45) is 0. The van der Waals surface area contributed by atoms with Crippen molar-refractivity contribution in [1.29, 1.82) is 0 Å². The molecule has 0 atom stereocenters. The zero-order valence-electron chi connectivity index (χ0n) is 8.90. The van der Waals surface area contributed by atoms with Crippen molar-refractivity contribution in [3.05, 3.63) is 33.9 Å². The number of nitro benzene ring substituents is 1. The van der Waals surface area contributed by atoms with Crippen molar-refractivity contribution in [1.82, 2.24) is 0 Å². The summed E-state index contributed by atoms with van der Waals surface area (Å²) < 4.78 is 4.90. The molecule has 0 heterocycles. The molecule has 78 valence electrons.